The molecule has 13 nitrogen and oxygen atoms in total. The number of nitro benzene ring substituents is 1. The molecule has 20 aromatic rings. The third-order valence-corrected chi connectivity index (χ3v) is 23.4. The monoisotopic (exact) mass is 1700 g/mol. The van der Waals surface area contributed by atoms with Crippen LogP contribution in [0.15, 0.2) is 491 Å². The molecule has 0 fully saturated rings. The minimum atomic E-state index is -0.373. The summed E-state index contributed by atoms with van der Waals surface area (Å²) in [6.45, 7) is 0. The first-order valence-electron chi connectivity index (χ1n) is 43.4. The molecule has 0 spiro atoms. The largest absolute Gasteiger partial charge is 0.345 e. The molecule has 20 rings (SSSR count). The fraction of sp³-hybridized carbons (Fsp3) is 0.0339. The van der Waals surface area contributed by atoms with E-state index in [2.05, 4.69) is 424 Å². The summed E-state index contributed by atoms with van der Waals surface area (Å²) in [4.78, 5) is 28.3. The van der Waals surface area contributed by atoms with Gasteiger partial charge >= 0.3 is 0 Å². The summed E-state index contributed by atoms with van der Waals surface area (Å²) in [5, 5.41) is 39.1. The molecule has 0 aromatic heterocycles. The van der Waals surface area contributed by atoms with Crippen LogP contribution >= 0.6 is 0 Å². The highest BCUT2D eigenvalue weighted by Crippen LogP contribution is 2.45. The summed E-state index contributed by atoms with van der Waals surface area (Å²) < 4.78 is 0. The maximum Gasteiger partial charge on any atom is 0.271 e. The number of non-ortho nitro benzene ring substituents is 1. The third kappa shape index (κ3) is 19.7. The Labute approximate surface area is 765 Å². The van der Waals surface area contributed by atoms with E-state index in [1.807, 2.05) is 129 Å². The van der Waals surface area contributed by atoms with Gasteiger partial charge in [-0.1, -0.05) is 243 Å². The number of rotatable bonds is 21. The van der Waals surface area contributed by atoms with Gasteiger partial charge in [-0.15, -0.1) is 0 Å². The predicted molar refractivity (Wildman–Crippen MR) is 549 cm³/mol. The molecule has 0 saturated heterocycles. The molecule has 0 saturated carbocycles. The minimum Gasteiger partial charge on any atom is -0.345 e. The number of benzene rings is 20. The Balaban J connectivity index is 0.000000122. The van der Waals surface area contributed by atoms with Gasteiger partial charge in [0, 0.05) is 153 Å². The van der Waals surface area contributed by atoms with E-state index in [0.29, 0.717) is 11.1 Å². The van der Waals surface area contributed by atoms with Crippen LogP contribution in [0.1, 0.15) is 11.1 Å². The van der Waals surface area contributed by atoms with Crippen molar-refractivity contribution in [1.82, 2.24) is 0 Å². The molecule has 0 aliphatic carbocycles. The molecule has 0 heterocycles. The van der Waals surface area contributed by atoms with Crippen LogP contribution in [-0.2, 0) is 0 Å². The first-order valence-corrected chi connectivity index (χ1v) is 43.4. The second-order valence-corrected chi connectivity index (χ2v) is 31.4. The van der Waals surface area contributed by atoms with Crippen LogP contribution < -0.4 is 39.2 Å². The quantitative estimate of drug-likeness (QED) is 0.0504. The lowest BCUT2D eigenvalue weighted by atomic mass is 10.1. The Kier molecular flexibility index (Phi) is 26.4. The number of nitro groups is 1. The predicted octanol–water partition coefficient (Wildman–Crippen LogP) is 32.0. The molecule has 0 bridgehead atoms. The van der Waals surface area contributed by atoms with Crippen molar-refractivity contribution < 1.29 is 4.92 Å². The van der Waals surface area contributed by atoms with Crippen LogP contribution in [0, 0.1) is 32.8 Å². The fourth-order valence-corrected chi connectivity index (χ4v) is 16.5. The molecule has 632 valence electrons. The number of para-hydroxylation sites is 5. The van der Waals surface area contributed by atoms with Crippen LogP contribution in [0.25, 0.3) is 43.1 Å². The van der Waals surface area contributed by atoms with Crippen molar-refractivity contribution in [2.45, 2.75) is 0 Å². The second-order valence-electron chi connectivity index (χ2n) is 31.4. The molecular weight excluding hydrogens is 1600 g/mol. The van der Waals surface area contributed by atoms with Gasteiger partial charge < -0.3 is 39.2 Å². The second kappa shape index (κ2) is 40.5. The smallest absolute Gasteiger partial charge is 0.271 e. The standard InChI is InChI=1S/2C30H23N3.C29H23N3O2.C29H24N2/c1-32(28-14-7-9-23(21-28)22-31)25-17-19-27(20-18-25)33(26-12-3-2-4-13-26)30-16-8-11-24-10-5-6-15-29(24)30;1-32(25-16-14-23(22-31)15-17-25)26-18-20-28(21-19-26)33(27-10-3-2-4-11-27)30-13-7-9-24-8-5-6-12-29(24)30;1-30(26-13-8-14-27(21-26)32(33)34)23-17-19-25(20-18-23)31(24-11-3-2-4-12-24)29-16-7-10-22-9-5-6-15-28(22)29;1-30(25-12-4-2-5-13-25)26-18-20-28(21-19-26)31(27-14-6-3-7-15-27)29-17-16-23-10-8-9-11-24(23)22-29/h2*2-21H,1H3;2-21H,1H3;2-22H,1H3. The summed E-state index contributed by atoms with van der Waals surface area (Å²) in [5.74, 6) is 0. The Morgan fingerprint density at radius 2 is 0.443 bits per heavy atom. The molecule has 0 radical (unpaired) electrons. The summed E-state index contributed by atoms with van der Waals surface area (Å²) in [7, 11) is 8.07. The Morgan fingerprint density at radius 3 is 0.809 bits per heavy atom. The van der Waals surface area contributed by atoms with E-state index in [4.69, 9.17) is 5.26 Å². The molecule has 0 N–H and O–H groups in total. The van der Waals surface area contributed by atoms with E-state index in [0.717, 1.165) is 108 Å². The van der Waals surface area contributed by atoms with Crippen LogP contribution in [0.5, 0.6) is 0 Å². The van der Waals surface area contributed by atoms with E-state index in [-0.39, 0.29) is 10.6 Å². The lowest BCUT2D eigenvalue weighted by Gasteiger charge is -2.27. The number of nitrogens with zero attached hydrogens (tertiary/aromatic N) is 11. The van der Waals surface area contributed by atoms with E-state index in [1.165, 1.54) is 54.8 Å². The first kappa shape index (κ1) is 85.4. The number of hydrogen-bond donors (Lipinski definition) is 0. The van der Waals surface area contributed by atoms with E-state index in [1.54, 1.807) is 12.1 Å². The fourth-order valence-electron chi connectivity index (χ4n) is 16.5. The van der Waals surface area contributed by atoms with Gasteiger partial charge in [-0.25, -0.2) is 0 Å². The number of nitriles is 2. The highest BCUT2D eigenvalue weighted by molar-refractivity contribution is 6.02. The molecule has 0 amide bonds. The summed E-state index contributed by atoms with van der Waals surface area (Å²) >= 11 is 0. The zero-order valence-corrected chi connectivity index (χ0v) is 73.0. The van der Waals surface area contributed by atoms with Crippen molar-refractivity contribution in [3.8, 4) is 12.1 Å². The summed E-state index contributed by atoms with van der Waals surface area (Å²) in [5.41, 5.74) is 22.9. The maximum absolute atomic E-state index is 11.2. The van der Waals surface area contributed by atoms with Gasteiger partial charge in [0.05, 0.1) is 45.3 Å². The van der Waals surface area contributed by atoms with Crippen molar-refractivity contribution in [1.29, 1.82) is 10.5 Å². The number of anilines is 20. The average molecular weight is 1700 g/mol. The van der Waals surface area contributed by atoms with Crippen LogP contribution in [-0.4, -0.2) is 33.1 Å². The first-order chi connectivity index (χ1) is 64.4. The lowest BCUT2D eigenvalue weighted by molar-refractivity contribution is -0.384. The topological polar surface area (TPSA) is 117 Å². The molecule has 20 aromatic carbocycles. The van der Waals surface area contributed by atoms with E-state index < -0.39 is 0 Å². The maximum atomic E-state index is 11.2. The minimum absolute atomic E-state index is 0.0761. The molecule has 0 aliphatic heterocycles. The Bertz CT molecular complexity index is 7340. The molecular formula is C118H93N11O2. The van der Waals surface area contributed by atoms with Gasteiger partial charge in [0.25, 0.3) is 5.69 Å². The third-order valence-electron chi connectivity index (χ3n) is 23.4. The molecule has 0 aliphatic rings. The highest BCUT2D eigenvalue weighted by Gasteiger charge is 2.22. The highest BCUT2D eigenvalue weighted by atomic mass is 16.6. The summed E-state index contributed by atoms with van der Waals surface area (Å²) in [6.07, 6.45) is 0. The van der Waals surface area contributed by atoms with Gasteiger partial charge in [0.1, 0.15) is 0 Å². The lowest BCUT2D eigenvalue weighted by Crippen LogP contribution is -2.12. The van der Waals surface area contributed by atoms with Crippen molar-refractivity contribution in [3.63, 3.8) is 0 Å². The zero-order chi connectivity index (χ0) is 89.8. The average Bonchev–Trinajstić information content (AvgIpc) is 0.784. The van der Waals surface area contributed by atoms with Gasteiger partial charge in [-0.2, -0.15) is 10.5 Å². The molecule has 0 unspecified atom stereocenters. The van der Waals surface area contributed by atoms with Crippen molar-refractivity contribution in [2.24, 2.45) is 0 Å². The van der Waals surface area contributed by atoms with Crippen molar-refractivity contribution >= 4 is 163 Å². The zero-order valence-electron chi connectivity index (χ0n) is 73.0. The van der Waals surface area contributed by atoms with Gasteiger partial charge in [0.15, 0.2) is 0 Å². The molecule has 13 heteroatoms. The molecule has 131 heavy (non-hydrogen) atoms. The number of hydrogen-bond acceptors (Lipinski definition) is 12. The normalized spacial score (nSPS) is 10.6. The van der Waals surface area contributed by atoms with Gasteiger partial charge in [-0.3, -0.25) is 10.1 Å². The van der Waals surface area contributed by atoms with Gasteiger partial charge in [-0.05, 0) is 264 Å². The van der Waals surface area contributed by atoms with Crippen LogP contribution in [0.3, 0.4) is 0 Å². The number of fused-ring (bicyclic) bond motifs is 4. The van der Waals surface area contributed by atoms with Crippen molar-refractivity contribution in [3.05, 3.63) is 513 Å². The summed E-state index contributed by atoms with van der Waals surface area (Å²) in [6, 6.07) is 172. The Morgan fingerprint density at radius 1 is 0.198 bits per heavy atom. The van der Waals surface area contributed by atoms with Gasteiger partial charge in [0.2, 0.25) is 0 Å². The SMILES string of the molecule is CN(c1ccc(C#N)cc1)c1ccc(N(c2ccccc2)c2cccc3ccccc23)cc1.CN(c1ccc(N(c2ccccc2)c2cccc3ccccc23)cc1)c1cccc(C#N)c1.CN(c1ccc(N(c2ccccc2)c2cccc3ccccc23)cc1)c1cccc([N+](=O)[O-])c1.CN(c1ccccc1)c1ccc(N(c2ccccc2)c2ccc3ccccc3c2)cc1. The molecule has 0 atom stereocenters. The van der Waals surface area contributed by atoms with Crippen LogP contribution in [0.2, 0.25) is 0 Å². The van der Waals surface area contributed by atoms with Crippen LogP contribution in [0.4, 0.5) is 119 Å². The Hall–Kier alpha value is -17.8. The van der Waals surface area contributed by atoms with E-state index >= 15 is 0 Å². The van der Waals surface area contributed by atoms with Crippen molar-refractivity contribution in [2.75, 3.05) is 67.4 Å². The van der Waals surface area contributed by atoms with E-state index in [9.17, 15) is 15.4 Å².